The van der Waals surface area contributed by atoms with Crippen LogP contribution in [0, 0.1) is 5.41 Å². The quantitative estimate of drug-likeness (QED) is 0.860. The van der Waals surface area contributed by atoms with Crippen molar-refractivity contribution in [3.8, 4) is 0 Å². The van der Waals surface area contributed by atoms with Crippen molar-refractivity contribution in [1.82, 2.24) is 10.2 Å². The molecule has 2 aliphatic heterocycles. The first-order valence-electron chi connectivity index (χ1n) is 6.84. The first-order valence-corrected chi connectivity index (χ1v) is 6.84. The summed E-state index contributed by atoms with van der Waals surface area (Å²) < 4.78 is 0. The lowest BCUT2D eigenvalue weighted by atomic mass is 9.79. The van der Waals surface area contributed by atoms with Crippen molar-refractivity contribution in [3.05, 3.63) is 35.9 Å². The number of benzene rings is 1. The minimum atomic E-state index is -0.0902. The fourth-order valence-corrected chi connectivity index (χ4v) is 3.21. The highest BCUT2D eigenvalue weighted by molar-refractivity contribution is 5.85. The summed E-state index contributed by atoms with van der Waals surface area (Å²) in [5, 5.41) is 3.38. The predicted molar refractivity (Wildman–Crippen MR) is 71.0 cm³/mol. The SMILES string of the molecule is O=C1N(Cc2ccccc2)CCC12CCCNC2. The molecule has 0 saturated carbocycles. The maximum atomic E-state index is 12.6. The van der Waals surface area contributed by atoms with Gasteiger partial charge in [-0.15, -0.1) is 0 Å². The maximum absolute atomic E-state index is 12.6. The third kappa shape index (κ3) is 2.03. The molecule has 3 rings (SSSR count). The third-order valence-electron chi connectivity index (χ3n) is 4.29. The van der Waals surface area contributed by atoms with E-state index in [9.17, 15) is 4.79 Å². The zero-order valence-corrected chi connectivity index (χ0v) is 10.7. The molecule has 0 aromatic heterocycles. The summed E-state index contributed by atoms with van der Waals surface area (Å²) >= 11 is 0. The molecule has 18 heavy (non-hydrogen) atoms. The van der Waals surface area contributed by atoms with Gasteiger partial charge in [-0.3, -0.25) is 4.79 Å². The van der Waals surface area contributed by atoms with Crippen LogP contribution in [-0.2, 0) is 11.3 Å². The van der Waals surface area contributed by atoms with Gasteiger partial charge in [0.15, 0.2) is 0 Å². The van der Waals surface area contributed by atoms with E-state index in [0.717, 1.165) is 45.4 Å². The van der Waals surface area contributed by atoms with E-state index >= 15 is 0 Å². The van der Waals surface area contributed by atoms with E-state index in [1.807, 2.05) is 23.1 Å². The molecular weight excluding hydrogens is 224 g/mol. The molecule has 0 bridgehead atoms. The van der Waals surface area contributed by atoms with E-state index in [2.05, 4.69) is 17.4 Å². The first-order chi connectivity index (χ1) is 8.80. The van der Waals surface area contributed by atoms with Gasteiger partial charge >= 0.3 is 0 Å². The smallest absolute Gasteiger partial charge is 0.230 e. The summed E-state index contributed by atoms with van der Waals surface area (Å²) in [4.78, 5) is 14.6. The Bertz CT molecular complexity index is 423. The number of hydrogen-bond acceptors (Lipinski definition) is 2. The second-order valence-electron chi connectivity index (χ2n) is 5.52. The van der Waals surface area contributed by atoms with Crippen molar-refractivity contribution < 1.29 is 4.79 Å². The van der Waals surface area contributed by atoms with E-state index in [0.29, 0.717) is 5.91 Å². The van der Waals surface area contributed by atoms with Gasteiger partial charge in [0.1, 0.15) is 0 Å². The number of hydrogen-bond donors (Lipinski definition) is 1. The van der Waals surface area contributed by atoms with Gasteiger partial charge in [0.05, 0.1) is 5.41 Å². The number of carbonyl (C=O) groups is 1. The van der Waals surface area contributed by atoms with E-state index < -0.39 is 0 Å². The summed E-state index contributed by atoms with van der Waals surface area (Å²) in [5.74, 6) is 0.360. The Labute approximate surface area is 108 Å². The molecule has 96 valence electrons. The highest BCUT2D eigenvalue weighted by Crippen LogP contribution is 2.38. The molecule has 1 unspecified atom stereocenters. The number of likely N-dealkylation sites (tertiary alicyclic amines) is 1. The van der Waals surface area contributed by atoms with Gasteiger partial charge in [-0.2, -0.15) is 0 Å². The number of amides is 1. The first kappa shape index (κ1) is 11.7. The van der Waals surface area contributed by atoms with E-state index in [1.165, 1.54) is 5.56 Å². The van der Waals surface area contributed by atoms with Crippen LogP contribution in [-0.4, -0.2) is 30.4 Å². The second kappa shape index (κ2) is 4.73. The average molecular weight is 244 g/mol. The normalized spacial score (nSPS) is 28.0. The largest absolute Gasteiger partial charge is 0.338 e. The molecule has 1 aromatic carbocycles. The van der Waals surface area contributed by atoms with Crippen molar-refractivity contribution in [1.29, 1.82) is 0 Å². The van der Waals surface area contributed by atoms with Crippen molar-refractivity contribution in [2.75, 3.05) is 19.6 Å². The van der Waals surface area contributed by atoms with E-state index in [-0.39, 0.29) is 5.41 Å². The highest BCUT2D eigenvalue weighted by atomic mass is 16.2. The predicted octanol–water partition coefficient (Wildman–Crippen LogP) is 1.79. The van der Waals surface area contributed by atoms with Crippen LogP contribution < -0.4 is 5.32 Å². The van der Waals surface area contributed by atoms with Crippen LogP contribution in [0.2, 0.25) is 0 Å². The minimum Gasteiger partial charge on any atom is -0.338 e. The number of rotatable bonds is 2. The minimum absolute atomic E-state index is 0.0902. The molecule has 2 saturated heterocycles. The summed E-state index contributed by atoms with van der Waals surface area (Å²) in [7, 11) is 0. The van der Waals surface area contributed by atoms with Gasteiger partial charge in [0.2, 0.25) is 5.91 Å². The molecule has 1 aromatic rings. The molecule has 1 amide bonds. The van der Waals surface area contributed by atoms with Crippen molar-refractivity contribution >= 4 is 5.91 Å². The third-order valence-corrected chi connectivity index (χ3v) is 4.29. The molecule has 1 spiro atoms. The zero-order valence-electron chi connectivity index (χ0n) is 10.7. The molecule has 0 aliphatic carbocycles. The maximum Gasteiger partial charge on any atom is 0.230 e. The van der Waals surface area contributed by atoms with Gasteiger partial charge in [0, 0.05) is 19.6 Å². The Kier molecular flexibility index (Phi) is 3.08. The van der Waals surface area contributed by atoms with Crippen LogP contribution in [0.15, 0.2) is 30.3 Å². The Morgan fingerprint density at radius 1 is 1.22 bits per heavy atom. The molecule has 3 heteroatoms. The lowest BCUT2D eigenvalue weighted by Gasteiger charge is -2.32. The lowest BCUT2D eigenvalue weighted by molar-refractivity contribution is -0.137. The Balaban J connectivity index is 1.71. The van der Waals surface area contributed by atoms with Crippen LogP contribution in [0.25, 0.3) is 0 Å². The molecule has 0 radical (unpaired) electrons. The zero-order chi connectivity index (χ0) is 12.4. The fourth-order valence-electron chi connectivity index (χ4n) is 3.21. The Morgan fingerprint density at radius 3 is 2.78 bits per heavy atom. The van der Waals surface area contributed by atoms with Crippen molar-refractivity contribution in [2.24, 2.45) is 5.41 Å². The Hall–Kier alpha value is -1.35. The van der Waals surface area contributed by atoms with Gasteiger partial charge in [-0.25, -0.2) is 0 Å². The van der Waals surface area contributed by atoms with Crippen molar-refractivity contribution in [3.63, 3.8) is 0 Å². The molecule has 2 aliphatic rings. The van der Waals surface area contributed by atoms with Gasteiger partial charge in [-0.05, 0) is 31.4 Å². The summed E-state index contributed by atoms with van der Waals surface area (Å²) in [6, 6.07) is 10.3. The van der Waals surface area contributed by atoms with Crippen LogP contribution in [0.5, 0.6) is 0 Å². The average Bonchev–Trinajstić information content (AvgIpc) is 2.71. The summed E-state index contributed by atoms with van der Waals surface area (Å²) in [6.07, 6.45) is 3.21. The lowest BCUT2D eigenvalue weighted by Crippen LogP contribution is -2.45. The van der Waals surface area contributed by atoms with Crippen LogP contribution in [0.4, 0.5) is 0 Å². The fraction of sp³-hybridized carbons (Fsp3) is 0.533. The van der Waals surface area contributed by atoms with Gasteiger partial charge < -0.3 is 10.2 Å². The standard InChI is InChI=1S/C15H20N2O/c18-14-15(7-4-9-16-12-15)8-10-17(14)11-13-5-2-1-3-6-13/h1-3,5-6,16H,4,7-12H2. The Morgan fingerprint density at radius 2 is 2.06 bits per heavy atom. The van der Waals surface area contributed by atoms with Crippen LogP contribution in [0.1, 0.15) is 24.8 Å². The number of carbonyl (C=O) groups excluding carboxylic acids is 1. The second-order valence-corrected chi connectivity index (χ2v) is 5.52. The van der Waals surface area contributed by atoms with Gasteiger partial charge in [-0.1, -0.05) is 30.3 Å². The highest BCUT2D eigenvalue weighted by Gasteiger charge is 2.46. The molecule has 2 fully saturated rings. The summed E-state index contributed by atoms with van der Waals surface area (Å²) in [5.41, 5.74) is 1.14. The summed E-state index contributed by atoms with van der Waals surface area (Å²) in [6.45, 7) is 3.61. The molecule has 1 atom stereocenters. The molecule has 3 nitrogen and oxygen atoms in total. The molecule has 2 heterocycles. The number of piperidine rings is 1. The van der Waals surface area contributed by atoms with Crippen LogP contribution >= 0.6 is 0 Å². The van der Waals surface area contributed by atoms with Gasteiger partial charge in [0.25, 0.3) is 0 Å². The van der Waals surface area contributed by atoms with E-state index in [1.54, 1.807) is 0 Å². The van der Waals surface area contributed by atoms with E-state index in [4.69, 9.17) is 0 Å². The monoisotopic (exact) mass is 244 g/mol. The topological polar surface area (TPSA) is 32.3 Å². The number of nitrogens with one attached hydrogen (secondary N) is 1. The molecule has 1 N–H and O–H groups in total. The van der Waals surface area contributed by atoms with Crippen molar-refractivity contribution in [2.45, 2.75) is 25.8 Å². The van der Waals surface area contributed by atoms with Crippen LogP contribution in [0.3, 0.4) is 0 Å². The molecular formula is C15H20N2O. The number of nitrogens with zero attached hydrogens (tertiary/aromatic N) is 1.